The summed E-state index contributed by atoms with van der Waals surface area (Å²) >= 11 is 5.58. The third-order valence-corrected chi connectivity index (χ3v) is 7.24. The summed E-state index contributed by atoms with van der Waals surface area (Å²) in [5.41, 5.74) is 0. The average molecular weight is 328 g/mol. The summed E-state index contributed by atoms with van der Waals surface area (Å²) in [4.78, 5) is 2.91. The molecule has 0 aliphatic heterocycles. The van der Waals surface area contributed by atoms with Crippen molar-refractivity contribution in [2.24, 2.45) is 17.8 Å². The van der Waals surface area contributed by atoms with Crippen LogP contribution in [-0.2, 0) is 0 Å². The van der Waals surface area contributed by atoms with Gasteiger partial charge in [0.15, 0.2) is 0 Å². The minimum atomic E-state index is 0.560. The zero-order chi connectivity index (χ0) is 12.7. The summed E-state index contributed by atoms with van der Waals surface area (Å²) in [6.45, 7) is 2.20. The molecule has 1 aromatic heterocycles. The van der Waals surface area contributed by atoms with Crippen molar-refractivity contribution in [1.82, 2.24) is 5.32 Å². The van der Waals surface area contributed by atoms with E-state index in [0.29, 0.717) is 6.04 Å². The maximum Gasteiger partial charge on any atom is 0.0415 e. The summed E-state index contributed by atoms with van der Waals surface area (Å²) in [6, 6.07) is 2.87. The van der Waals surface area contributed by atoms with Crippen LogP contribution in [0.4, 0.5) is 0 Å². The summed E-state index contributed by atoms with van der Waals surface area (Å²) < 4.78 is 1.27. The highest BCUT2D eigenvalue weighted by molar-refractivity contribution is 9.10. The lowest BCUT2D eigenvalue weighted by Crippen LogP contribution is -2.21. The Hall–Kier alpha value is 0.140. The summed E-state index contributed by atoms with van der Waals surface area (Å²) in [6.07, 6.45) is 7.36. The van der Waals surface area contributed by atoms with E-state index in [-0.39, 0.29) is 0 Å². The Kier molecular flexibility index (Phi) is 3.84. The van der Waals surface area contributed by atoms with Crippen LogP contribution in [0.5, 0.6) is 0 Å². The fraction of sp³-hybridized carbons (Fsp3) is 0.733. The lowest BCUT2D eigenvalue weighted by atomic mass is 9.84. The molecular formula is C15H22BrNS. The van der Waals surface area contributed by atoms with Gasteiger partial charge in [-0.1, -0.05) is 6.42 Å². The molecule has 2 fully saturated rings. The minimum absolute atomic E-state index is 0.560. The summed E-state index contributed by atoms with van der Waals surface area (Å²) in [5, 5.41) is 3.53. The number of halogens is 1. The number of rotatable bonds is 4. The molecule has 3 rings (SSSR count). The van der Waals surface area contributed by atoms with Gasteiger partial charge < -0.3 is 5.32 Å². The van der Waals surface area contributed by atoms with Crippen molar-refractivity contribution in [2.45, 2.75) is 45.1 Å². The van der Waals surface area contributed by atoms with Gasteiger partial charge >= 0.3 is 0 Å². The second-order valence-electron chi connectivity index (χ2n) is 6.06. The smallest absolute Gasteiger partial charge is 0.0415 e. The number of hydrogen-bond donors (Lipinski definition) is 1. The highest BCUT2D eigenvalue weighted by atomic mass is 79.9. The van der Waals surface area contributed by atoms with Crippen LogP contribution < -0.4 is 5.32 Å². The molecule has 0 radical (unpaired) electrons. The SMILES string of the molecule is CNC(CC1CC2CCC1C2)c1cc(Br)c(C)s1. The largest absolute Gasteiger partial charge is 0.312 e. The molecule has 0 aromatic carbocycles. The second kappa shape index (κ2) is 5.26. The van der Waals surface area contributed by atoms with Crippen LogP contribution in [-0.4, -0.2) is 7.05 Å². The number of fused-ring (bicyclic) bond motifs is 2. The quantitative estimate of drug-likeness (QED) is 0.828. The van der Waals surface area contributed by atoms with Gasteiger partial charge in [-0.3, -0.25) is 0 Å². The molecule has 2 bridgehead atoms. The first-order valence-corrected chi connectivity index (χ1v) is 8.71. The van der Waals surface area contributed by atoms with E-state index in [0.717, 1.165) is 17.8 Å². The topological polar surface area (TPSA) is 12.0 Å². The first-order chi connectivity index (χ1) is 8.67. The normalized spacial score (nSPS) is 32.1. The standard InChI is InChI=1S/C15H22BrNS/c1-9-13(16)8-15(18-9)14(17-2)7-12-6-10-3-4-11(12)5-10/h8,10-12,14,17H,3-7H2,1-2H3. The summed E-state index contributed by atoms with van der Waals surface area (Å²) in [7, 11) is 2.11. The van der Waals surface area contributed by atoms with E-state index in [1.165, 1.54) is 46.3 Å². The molecule has 4 unspecified atom stereocenters. The molecule has 4 atom stereocenters. The third-order valence-electron chi connectivity index (χ3n) is 4.99. The molecule has 0 amide bonds. The first-order valence-electron chi connectivity index (χ1n) is 7.10. The van der Waals surface area contributed by atoms with Gasteiger partial charge in [-0.2, -0.15) is 0 Å². The van der Waals surface area contributed by atoms with E-state index in [1.54, 1.807) is 0 Å². The molecule has 1 aromatic rings. The van der Waals surface area contributed by atoms with Gasteiger partial charge in [0.25, 0.3) is 0 Å². The van der Waals surface area contributed by atoms with Crippen molar-refractivity contribution in [3.63, 3.8) is 0 Å². The van der Waals surface area contributed by atoms with Crippen molar-refractivity contribution in [2.75, 3.05) is 7.05 Å². The van der Waals surface area contributed by atoms with E-state index < -0.39 is 0 Å². The van der Waals surface area contributed by atoms with Crippen LogP contribution in [0.2, 0.25) is 0 Å². The van der Waals surface area contributed by atoms with E-state index in [4.69, 9.17) is 0 Å². The van der Waals surface area contributed by atoms with E-state index in [2.05, 4.69) is 41.3 Å². The molecule has 1 heterocycles. The number of nitrogens with one attached hydrogen (secondary N) is 1. The Morgan fingerprint density at radius 3 is 2.78 bits per heavy atom. The van der Waals surface area contributed by atoms with E-state index in [9.17, 15) is 0 Å². The maximum atomic E-state index is 3.64. The van der Waals surface area contributed by atoms with E-state index in [1.807, 2.05) is 11.3 Å². The van der Waals surface area contributed by atoms with Gasteiger partial charge in [-0.15, -0.1) is 11.3 Å². The van der Waals surface area contributed by atoms with Crippen molar-refractivity contribution in [3.05, 3.63) is 20.3 Å². The zero-order valence-electron chi connectivity index (χ0n) is 11.2. The molecule has 100 valence electrons. The average Bonchev–Trinajstić information content (AvgIpc) is 3.03. The van der Waals surface area contributed by atoms with Crippen LogP contribution in [0.15, 0.2) is 10.5 Å². The van der Waals surface area contributed by atoms with Crippen molar-refractivity contribution in [1.29, 1.82) is 0 Å². The molecule has 18 heavy (non-hydrogen) atoms. The van der Waals surface area contributed by atoms with Gasteiger partial charge in [-0.05, 0) is 79.4 Å². The predicted molar refractivity (Wildman–Crippen MR) is 82.1 cm³/mol. The van der Waals surface area contributed by atoms with Crippen LogP contribution >= 0.6 is 27.3 Å². The molecule has 0 spiro atoms. The Bertz CT molecular complexity index is 409. The molecule has 1 nitrogen and oxygen atoms in total. The predicted octanol–water partition coefficient (Wildman–Crippen LogP) is 4.91. The highest BCUT2D eigenvalue weighted by Crippen LogP contribution is 2.51. The van der Waals surface area contributed by atoms with Crippen molar-refractivity contribution >= 4 is 27.3 Å². The fourth-order valence-corrected chi connectivity index (χ4v) is 5.68. The molecule has 2 aliphatic carbocycles. The molecule has 0 saturated heterocycles. The maximum absolute atomic E-state index is 3.64. The van der Waals surface area contributed by atoms with Crippen LogP contribution in [0.25, 0.3) is 0 Å². The zero-order valence-corrected chi connectivity index (χ0v) is 13.6. The number of hydrogen-bond acceptors (Lipinski definition) is 2. The number of thiophene rings is 1. The van der Waals surface area contributed by atoms with Crippen LogP contribution in [0.3, 0.4) is 0 Å². The molecular weight excluding hydrogens is 306 g/mol. The van der Waals surface area contributed by atoms with Gasteiger partial charge in [-0.25, -0.2) is 0 Å². The molecule has 3 heteroatoms. The lowest BCUT2D eigenvalue weighted by Gasteiger charge is -2.26. The minimum Gasteiger partial charge on any atom is -0.312 e. The van der Waals surface area contributed by atoms with Crippen LogP contribution in [0.1, 0.15) is 47.9 Å². The van der Waals surface area contributed by atoms with Gasteiger partial charge in [0.2, 0.25) is 0 Å². The van der Waals surface area contributed by atoms with Gasteiger partial charge in [0, 0.05) is 20.3 Å². The van der Waals surface area contributed by atoms with Crippen LogP contribution in [0, 0.1) is 24.7 Å². The van der Waals surface area contributed by atoms with Gasteiger partial charge in [0.1, 0.15) is 0 Å². The molecule has 2 saturated carbocycles. The van der Waals surface area contributed by atoms with Crippen molar-refractivity contribution in [3.8, 4) is 0 Å². The first kappa shape index (κ1) is 13.1. The lowest BCUT2D eigenvalue weighted by molar-refractivity contribution is 0.285. The Morgan fingerprint density at radius 1 is 1.44 bits per heavy atom. The highest BCUT2D eigenvalue weighted by Gasteiger charge is 2.40. The second-order valence-corrected chi connectivity index (χ2v) is 8.21. The van der Waals surface area contributed by atoms with Gasteiger partial charge in [0.05, 0.1) is 0 Å². The Morgan fingerprint density at radius 2 is 2.28 bits per heavy atom. The summed E-state index contributed by atoms with van der Waals surface area (Å²) in [5.74, 6) is 3.08. The third kappa shape index (κ3) is 2.41. The van der Waals surface area contributed by atoms with E-state index >= 15 is 0 Å². The number of aryl methyl sites for hydroxylation is 1. The fourth-order valence-electron chi connectivity index (χ4n) is 4.00. The monoisotopic (exact) mass is 327 g/mol. The van der Waals surface area contributed by atoms with Crippen molar-refractivity contribution < 1.29 is 0 Å². The molecule has 2 aliphatic rings. The Balaban J connectivity index is 1.69. The molecule has 1 N–H and O–H groups in total. The Labute approximate surface area is 122 Å².